The molecule has 4 nitrogen and oxygen atoms in total. The number of rotatable bonds is 3. The average molecular weight is 213 g/mol. The van der Waals surface area contributed by atoms with Gasteiger partial charge in [0.1, 0.15) is 0 Å². The Kier molecular flexibility index (Phi) is 5.47. The number of carbonyl (C=O) groups excluding carboxylic acids is 1. The van der Waals surface area contributed by atoms with Crippen LogP contribution < -0.4 is 16.0 Å². The monoisotopic (exact) mass is 213 g/mol. The summed E-state index contributed by atoms with van der Waals surface area (Å²) in [5, 5.41) is 9.14. The molecule has 1 saturated heterocycles. The largest absolute Gasteiger partial charge is 0.338 e. The highest BCUT2D eigenvalue weighted by Gasteiger charge is 2.12. The molecule has 1 aliphatic rings. The lowest BCUT2D eigenvalue weighted by Gasteiger charge is -2.16. The molecule has 0 radical (unpaired) electrons. The van der Waals surface area contributed by atoms with Crippen molar-refractivity contribution in [3.05, 3.63) is 0 Å². The van der Waals surface area contributed by atoms with E-state index in [2.05, 4.69) is 16.0 Å². The fourth-order valence-corrected chi connectivity index (χ4v) is 1.82. The van der Waals surface area contributed by atoms with Gasteiger partial charge in [0, 0.05) is 12.6 Å². The van der Waals surface area contributed by atoms with E-state index in [4.69, 9.17) is 0 Å². The smallest absolute Gasteiger partial charge is 0.314 e. The zero-order valence-electron chi connectivity index (χ0n) is 9.81. The van der Waals surface area contributed by atoms with E-state index in [1.54, 1.807) is 0 Å². The minimum atomic E-state index is -0.0470. The Morgan fingerprint density at radius 2 is 2.27 bits per heavy atom. The second-order valence-corrected chi connectivity index (χ2v) is 4.57. The van der Waals surface area contributed by atoms with Crippen LogP contribution in [0.15, 0.2) is 0 Å². The fourth-order valence-electron chi connectivity index (χ4n) is 1.82. The Morgan fingerprint density at radius 3 is 3.00 bits per heavy atom. The SMILES string of the molecule is CC(C)NC(=O)NCC1CCCCNC1. The van der Waals surface area contributed by atoms with Crippen LogP contribution in [-0.4, -0.2) is 31.7 Å². The molecule has 1 aliphatic heterocycles. The van der Waals surface area contributed by atoms with Crippen molar-refractivity contribution < 1.29 is 4.79 Å². The van der Waals surface area contributed by atoms with Gasteiger partial charge < -0.3 is 16.0 Å². The molecule has 15 heavy (non-hydrogen) atoms. The summed E-state index contributed by atoms with van der Waals surface area (Å²) in [7, 11) is 0. The standard InChI is InChI=1S/C11H23N3O/c1-9(2)14-11(15)13-8-10-5-3-4-6-12-7-10/h9-10,12H,3-8H2,1-2H3,(H2,13,14,15). The van der Waals surface area contributed by atoms with Gasteiger partial charge in [-0.25, -0.2) is 4.79 Å². The Morgan fingerprint density at radius 1 is 1.47 bits per heavy atom. The van der Waals surface area contributed by atoms with E-state index in [1.807, 2.05) is 13.8 Å². The highest BCUT2D eigenvalue weighted by atomic mass is 16.2. The maximum atomic E-state index is 11.3. The maximum Gasteiger partial charge on any atom is 0.314 e. The van der Waals surface area contributed by atoms with Crippen LogP contribution in [0.5, 0.6) is 0 Å². The van der Waals surface area contributed by atoms with Crippen LogP contribution in [0.4, 0.5) is 4.79 Å². The molecule has 3 N–H and O–H groups in total. The summed E-state index contributed by atoms with van der Waals surface area (Å²) in [5.41, 5.74) is 0. The second kappa shape index (κ2) is 6.67. The number of hydrogen-bond donors (Lipinski definition) is 3. The summed E-state index contributed by atoms with van der Waals surface area (Å²) in [6.45, 7) is 6.86. The first-order valence-electron chi connectivity index (χ1n) is 5.93. The highest BCUT2D eigenvalue weighted by Crippen LogP contribution is 2.09. The molecule has 1 unspecified atom stereocenters. The van der Waals surface area contributed by atoms with Gasteiger partial charge in [0.25, 0.3) is 0 Å². The van der Waals surface area contributed by atoms with E-state index >= 15 is 0 Å². The second-order valence-electron chi connectivity index (χ2n) is 4.57. The number of amides is 2. The van der Waals surface area contributed by atoms with Gasteiger partial charge in [0.05, 0.1) is 0 Å². The Bertz CT molecular complexity index is 186. The minimum absolute atomic E-state index is 0.0470. The van der Waals surface area contributed by atoms with Crippen molar-refractivity contribution in [3.63, 3.8) is 0 Å². The van der Waals surface area contributed by atoms with Crippen LogP contribution in [0.3, 0.4) is 0 Å². The Labute approximate surface area is 92.2 Å². The summed E-state index contributed by atoms with van der Waals surface area (Å²) >= 11 is 0. The van der Waals surface area contributed by atoms with Crippen molar-refractivity contribution in [2.24, 2.45) is 5.92 Å². The zero-order chi connectivity index (χ0) is 11.1. The van der Waals surface area contributed by atoms with E-state index in [0.29, 0.717) is 5.92 Å². The van der Waals surface area contributed by atoms with Crippen molar-refractivity contribution in [1.29, 1.82) is 0 Å². The van der Waals surface area contributed by atoms with Gasteiger partial charge >= 0.3 is 6.03 Å². The minimum Gasteiger partial charge on any atom is -0.338 e. The molecular weight excluding hydrogens is 190 g/mol. The maximum absolute atomic E-state index is 11.3. The molecule has 1 heterocycles. The summed E-state index contributed by atoms with van der Waals surface area (Å²) < 4.78 is 0. The summed E-state index contributed by atoms with van der Waals surface area (Å²) in [5.74, 6) is 0.588. The molecule has 1 rings (SSSR count). The van der Waals surface area contributed by atoms with E-state index in [0.717, 1.165) is 19.6 Å². The van der Waals surface area contributed by atoms with E-state index in [1.165, 1.54) is 19.3 Å². The predicted molar refractivity (Wildman–Crippen MR) is 61.9 cm³/mol. The van der Waals surface area contributed by atoms with Gasteiger partial charge in [-0.2, -0.15) is 0 Å². The van der Waals surface area contributed by atoms with Crippen molar-refractivity contribution in [1.82, 2.24) is 16.0 Å². The molecule has 0 aromatic carbocycles. The molecule has 0 spiro atoms. The predicted octanol–water partition coefficient (Wildman–Crippen LogP) is 1.08. The van der Waals surface area contributed by atoms with E-state index < -0.39 is 0 Å². The fraction of sp³-hybridized carbons (Fsp3) is 0.909. The van der Waals surface area contributed by atoms with Crippen LogP contribution in [0.25, 0.3) is 0 Å². The average Bonchev–Trinajstić information content (AvgIpc) is 2.41. The molecule has 1 fully saturated rings. The third-order valence-corrected chi connectivity index (χ3v) is 2.62. The quantitative estimate of drug-likeness (QED) is 0.657. The van der Waals surface area contributed by atoms with E-state index in [-0.39, 0.29) is 12.1 Å². The van der Waals surface area contributed by atoms with Crippen LogP contribution in [0, 0.1) is 5.92 Å². The van der Waals surface area contributed by atoms with Gasteiger partial charge in [-0.1, -0.05) is 6.42 Å². The lowest BCUT2D eigenvalue weighted by atomic mass is 10.0. The van der Waals surface area contributed by atoms with Crippen LogP contribution >= 0.6 is 0 Å². The van der Waals surface area contributed by atoms with Crippen molar-refractivity contribution in [2.75, 3.05) is 19.6 Å². The number of hydrogen-bond acceptors (Lipinski definition) is 2. The van der Waals surface area contributed by atoms with Gasteiger partial charge in [0.15, 0.2) is 0 Å². The number of nitrogens with one attached hydrogen (secondary N) is 3. The molecule has 0 aromatic heterocycles. The normalized spacial score (nSPS) is 22.2. The topological polar surface area (TPSA) is 53.2 Å². The molecule has 0 bridgehead atoms. The van der Waals surface area contributed by atoms with Gasteiger partial charge in [0.2, 0.25) is 0 Å². The number of carbonyl (C=O) groups is 1. The molecule has 1 atom stereocenters. The molecule has 0 aliphatic carbocycles. The van der Waals surface area contributed by atoms with Crippen molar-refractivity contribution in [2.45, 2.75) is 39.2 Å². The van der Waals surface area contributed by atoms with Gasteiger partial charge in [-0.15, -0.1) is 0 Å². The first-order valence-corrected chi connectivity index (χ1v) is 5.93. The van der Waals surface area contributed by atoms with Crippen LogP contribution in [0.1, 0.15) is 33.1 Å². The molecule has 2 amide bonds. The first kappa shape index (κ1) is 12.3. The lowest BCUT2D eigenvalue weighted by molar-refractivity contribution is 0.236. The molecule has 88 valence electrons. The van der Waals surface area contributed by atoms with Crippen molar-refractivity contribution >= 4 is 6.03 Å². The van der Waals surface area contributed by atoms with Gasteiger partial charge in [-0.3, -0.25) is 0 Å². The van der Waals surface area contributed by atoms with Crippen LogP contribution in [0.2, 0.25) is 0 Å². The molecule has 0 aromatic rings. The zero-order valence-corrected chi connectivity index (χ0v) is 9.81. The summed E-state index contributed by atoms with van der Waals surface area (Å²) in [6, 6.07) is 0.159. The van der Waals surface area contributed by atoms with E-state index in [9.17, 15) is 4.79 Å². The summed E-state index contributed by atoms with van der Waals surface area (Å²) in [6.07, 6.45) is 3.74. The first-order chi connectivity index (χ1) is 7.18. The summed E-state index contributed by atoms with van der Waals surface area (Å²) in [4.78, 5) is 11.3. The van der Waals surface area contributed by atoms with Crippen molar-refractivity contribution in [3.8, 4) is 0 Å². The lowest BCUT2D eigenvalue weighted by Crippen LogP contribution is -2.42. The Hall–Kier alpha value is -0.770. The van der Waals surface area contributed by atoms with Crippen LogP contribution in [-0.2, 0) is 0 Å². The molecule has 0 saturated carbocycles. The third kappa shape index (κ3) is 5.62. The number of urea groups is 1. The molecule has 4 heteroatoms. The molecular formula is C11H23N3O. The van der Waals surface area contributed by atoms with Gasteiger partial charge in [-0.05, 0) is 45.7 Å². The third-order valence-electron chi connectivity index (χ3n) is 2.62. The Balaban J connectivity index is 2.14. The highest BCUT2D eigenvalue weighted by molar-refractivity contribution is 5.74.